The third kappa shape index (κ3) is 2.32. The normalized spacial score (nSPS) is 21.1. The summed E-state index contributed by atoms with van der Waals surface area (Å²) in [5.74, 6) is 1.38. The van der Waals surface area contributed by atoms with Gasteiger partial charge in [0.1, 0.15) is 17.3 Å². The number of aromatic nitrogens is 1. The van der Waals surface area contributed by atoms with Crippen molar-refractivity contribution in [3.63, 3.8) is 0 Å². The Kier molecular flexibility index (Phi) is 3.50. The van der Waals surface area contributed by atoms with Crippen LogP contribution in [0.4, 0.5) is 4.79 Å². The van der Waals surface area contributed by atoms with Crippen molar-refractivity contribution in [1.29, 1.82) is 0 Å². The number of furan rings is 1. The molecule has 0 spiro atoms. The number of nitrogens with zero attached hydrogens (tertiary/aromatic N) is 2. The first-order valence-electron chi connectivity index (χ1n) is 7.52. The van der Waals surface area contributed by atoms with E-state index in [0.29, 0.717) is 23.7 Å². The van der Waals surface area contributed by atoms with Gasteiger partial charge in [0, 0.05) is 5.56 Å². The SMILES string of the molecule is CCc1noc(C)c1CN1C(=O)NC(C)(c2ccc(C)o2)C1=O. The topological polar surface area (TPSA) is 88.6 Å². The molecule has 3 heterocycles. The molecular formula is C16H19N3O4. The van der Waals surface area contributed by atoms with Crippen LogP contribution in [0.1, 0.15) is 42.4 Å². The van der Waals surface area contributed by atoms with Crippen LogP contribution in [0.5, 0.6) is 0 Å². The average molecular weight is 317 g/mol. The second-order valence-electron chi connectivity index (χ2n) is 5.87. The van der Waals surface area contributed by atoms with Crippen LogP contribution in [0, 0.1) is 13.8 Å². The first kappa shape index (κ1) is 15.3. The van der Waals surface area contributed by atoms with Gasteiger partial charge in [0.15, 0.2) is 5.54 Å². The van der Waals surface area contributed by atoms with Gasteiger partial charge in [-0.25, -0.2) is 4.79 Å². The minimum Gasteiger partial charge on any atom is -0.463 e. The minimum atomic E-state index is -1.19. The molecule has 23 heavy (non-hydrogen) atoms. The zero-order valence-corrected chi connectivity index (χ0v) is 13.6. The first-order valence-corrected chi connectivity index (χ1v) is 7.52. The zero-order chi connectivity index (χ0) is 16.8. The van der Waals surface area contributed by atoms with E-state index in [4.69, 9.17) is 8.94 Å². The third-order valence-corrected chi connectivity index (χ3v) is 4.23. The highest BCUT2D eigenvalue weighted by Crippen LogP contribution is 2.31. The molecule has 7 heteroatoms. The highest BCUT2D eigenvalue weighted by Gasteiger charge is 2.51. The van der Waals surface area contributed by atoms with Crippen LogP contribution in [0.2, 0.25) is 0 Å². The molecule has 1 fully saturated rings. The van der Waals surface area contributed by atoms with Crippen molar-refractivity contribution in [2.45, 2.75) is 46.2 Å². The lowest BCUT2D eigenvalue weighted by Crippen LogP contribution is -2.40. The van der Waals surface area contributed by atoms with E-state index in [0.717, 1.165) is 11.3 Å². The maximum Gasteiger partial charge on any atom is 0.325 e. The van der Waals surface area contributed by atoms with Crippen molar-refractivity contribution in [1.82, 2.24) is 15.4 Å². The van der Waals surface area contributed by atoms with Gasteiger partial charge >= 0.3 is 6.03 Å². The summed E-state index contributed by atoms with van der Waals surface area (Å²) in [5, 5.41) is 6.68. The summed E-state index contributed by atoms with van der Waals surface area (Å²) in [6.45, 7) is 7.29. The van der Waals surface area contributed by atoms with E-state index in [1.807, 2.05) is 6.92 Å². The van der Waals surface area contributed by atoms with Gasteiger partial charge in [-0.2, -0.15) is 0 Å². The van der Waals surface area contributed by atoms with Crippen molar-refractivity contribution < 1.29 is 18.5 Å². The van der Waals surface area contributed by atoms with Crippen molar-refractivity contribution >= 4 is 11.9 Å². The van der Waals surface area contributed by atoms with Gasteiger partial charge in [-0.1, -0.05) is 12.1 Å². The lowest BCUT2D eigenvalue weighted by molar-refractivity contribution is -0.132. The summed E-state index contributed by atoms with van der Waals surface area (Å²) < 4.78 is 10.7. The van der Waals surface area contributed by atoms with Crippen molar-refractivity contribution in [2.24, 2.45) is 0 Å². The fourth-order valence-corrected chi connectivity index (χ4v) is 2.79. The maximum absolute atomic E-state index is 12.8. The van der Waals surface area contributed by atoms with Crippen molar-refractivity contribution in [2.75, 3.05) is 0 Å². The predicted octanol–water partition coefficient (Wildman–Crippen LogP) is 2.41. The smallest absolute Gasteiger partial charge is 0.325 e. The van der Waals surface area contributed by atoms with Crippen LogP contribution in [0.25, 0.3) is 0 Å². The fraction of sp³-hybridized carbons (Fsp3) is 0.438. The summed E-state index contributed by atoms with van der Waals surface area (Å²) in [6, 6.07) is 3.02. The van der Waals surface area contributed by atoms with Crippen LogP contribution in [0.3, 0.4) is 0 Å². The van der Waals surface area contributed by atoms with E-state index in [9.17, 15) is 9.59 Å². The van der Waals surface area contributed by atoms with Crippen LogP contribution < -0.4 is 5.32 Å². The molecule has 0 saturated carbocycles. The number of amides is 3. The van der Waals surface area contributed by atoms with E-state index in [-0.39, 0.29) is 12.5 Å². The molecule has 0 radical (unpaired) electrons. The Morgan fingerprint density at radius 2 is 2.04 bits per heavy atom. The Morgan fingerprint density at radius 3 is 2.65 bits per heavy atom. The summed E-state index contributed by atoms with van der Waals surface area (Å²) >= 11 is 0. The molecule has 0 aliphatic carbocycles. The molecule has 0 aromatic carbocycles. The fourth-order valence-electron chi connectivity index (χ4n) is 2.79. The number of urea groups is 1. The first-order chi connectivity index (χ1) is 10.9. The predicted molar refractivity (Wildman–Crippen MR) is 80.5 cm³/mol. The van der Waals surface area contributed by atoms with E-state index >= 15 is 0 Å². The van der Waals surface area contributed by atoms with Gasteiger partial charge in [0.05, 0.1) is 12.2 Å². The molecule has 3 rings (SSSR count). The third-order valence-electron chi connectivity index (χ3n) is 4.23. The van der Waals surface area contributed by atoms with E-state index in [2.05, 4.69) is 10.5 Å². The number of hydrogen-bond acceptors (Lipinski definition) is 5. The standard InChI is InChI=1S/C16H19N3O4/c1-5-12-11(10(3)23-18-12)8-19-14(20)16(4,17-15(19)21)13-7-6-9(2)22-13/h6-7H,5,8H2,1-4H3,(H,17,21). The lowest BCUT2D eigenvalue weighted by Gasteiger charge is -2.19. The molecule has 1 unspecified atom stereocenters. The molecule has 0 bridgehead atoms. The van der Waals surface area contributed by atoms with Gasteiger partial charge in [-0.05, 0) is 39.3 Å². The maximum atomic E-state index is 12.8. The monoisotopic (exact) mass is 317 g/mol. The Balaban J connectivity index is 1.91. The van der Waals surface area contributed by atoms with Crippen LogP contribution in [-0.4, -0.2) is 22.0 Å². The van der Waals surface area contributed by atoms with Gasteiger partial charge in [0.25, 0.3) is 5.91 Å². The largest absolute Gasteiger partial charge is 0.463 e. The Labute approximate surface area is 133 Å². The molecule has 7 nitrogen and oxygen atoms in total. The Hall–Kier alpha value is -2.57. The highest BCUT2D eigenvalue weighted by molar-refractivity contribution is 6.06. The Bertz CT molecular complexity index is 776. The number of nitrogens with one attached hydrogen (secondary N) is 1. The second kappa shape index (κ2) is 5.26. The molecule has 2 aromatic rings. The zero-order valence-electron chi connectivity index (χ0n) is 13.6. The van der Waals surface area contributed by atoms with Crippen LogP contribution >= 0.6 is 0 Å². The van der Waals surface area contributed by atoms with Crippen LogP contribution in [0.15, 0.2) is 21.1 Å². The second-order valence-corrected chi connectivity index (χ2v) is 5.87. The average Bonchev–Trinajstić information content (AvgIpc) is 3.15. The molecule has 1 saturated heterocycles. The van der Waals surface area contributed by atoms with Crippen molar-refractivity contribution in [3.8, 4) is 0 Å². The summed E-state index contributed by atoms with van der Waals surface area (Å²) in [6.07, 6.45) is 0.672. The van der Waals surface area contributed by atoms with E-state index in [1.165, 1.54) is 4.90 Å². The molecule has 3 amide bonds. The van der Waals surface area contributed by atoms with Gasteiger partial charge in [-0.15, -0.1) is 0 Å². The van der Waals surface area contributed by atoms with Crippen LogP contribution in [-0.2, 0) is 23.3 Å². The molecule has 1 N–H and O–H groups in total. The molecule has 1 aliphatic rings. The minimum absolute atomic E-state index is 0.137. The van der Waals surface area contributed by atoms with Crippen molar-refractivity contribution in [3.05, 3.63) is 40.7 Å². The molecule has 1 aliphatic heterocycles. The number of aryl methyl sites for hydroxylation is 3. The molecule has 1 atom stereocenters. The number of carbonyl (C=O) groups is 2. The summed E-state index contributed by atoms with van der Waals surface area (Å²) in [5.41, 5.74) is 0.337. The van der Waals surface area contributed by atoms with Gasteiger partial charge in [0.2, 0.25) is 0 Å². The van der Waals surface area contributed by atoms with Gasteiger partial charge in [-0.3, -0.25) is 9.69 Å². The molecule has 2 aromatic heterocycles. The number of hydrogen-bond donors (Lipinski definition) is 1. The molecule has 122 valence electrons. The summed E-state index contributed by atoms with van der Waals surface area (Å²) in [4.78, 5) is 26.3. The quantitative estimate of drug-likeness (QED) is 0.875. The number of imide groups is 1. The number of rotatable bonds is 4. The van der Waals surface area contributed by atoms with E-state index in [1.54, 1.807) is 32.9 Å². The highest BCUT2D eigenvalue weighted by atomic mass is 16.5. The molecular weight excluding hydrogens is 298 g/mol. The Morgan fingerprint density at radius 1 is 1.30 bits per heavy atom. The van der Waals surface area contributed by atoms with Gasteiger partial charge < -0.3 is 14.3 Å². The van der Waals surface area contributed by atoms with E-state index < -0.39 is 11.6 Å². The lowest BCUT2D eigenvalue weighted by atomic mass is 9.99. The number of carbonyl (C=O) groups excluding carboxylic acids is 2. The summed E-state index contributed by atoms with van der Waals surface area (Å²) in [7, 11) is 0.